The van der Waals surface area contributed by atoms with Crippen LogP contribution in [0.2, 0.25) is 0 Å². The fraction of sp³-hybridized carbons (Fsp3) is 0.500. The lowest BCUT2D eigenvalue weighted by molar-refractivity contribution is -0.132. The van der Waals surface area contributed by atoms with Crippen LogP contribution in [-0.4, -0.2) is 11.1 Å². The van der Waals surface area contributed by atoms with Crippen LogP contribution in [-0.2, 0) is 4.79 Å². The zero-order valence-corrected chi connectivity index (χ0v) is 4.85. The highest BCUT2D eigenvalue weighted by Crippen LogP contribution is 2.26. The van der Waals surface area contributed by atoms with Gasteiger partial charge in [0.2, 0.25) is 0 Å². The van der Waals surface area contributed by atoms with Crippen LogP contribution in [0.15, 0.2) is 11.4 Å². The van der Waals surface area contributed by atoms with Crippen molar-refractivity contribution in [3.8, 4) is 0 Å². The third-order valence-corrected chi connectivity index (χ3v) is 1.41. The summed E-state index contributed by atoms with van der Waals surface area (Å²) in [6.07, 6.45) is 1.34. The summed E-state index contributed by atoms with van der Waals surface area (Å²) >= 11 is 0. The first kappa shape index (κ1) is 6.26. The molecule has 0 atom stereocenters. The van der Waals surface area contributed by atoms with Crippen LogP contribution < -0.4 is 0 Å². The molecule has 0 saturated heterocycles. The van der Waals surface area contributed by atoms with E-state index in [0.29, 0.717) is 19.3 Å². The standard InChI is InChI=1S/C6H7FO2/c7-5-3-1-2-4(5)6(8)9/h1-3H2,(H,8,9). The topological polar surface area (TPSA) is 37.3 Å². The van der Waals surface area contributed by atoms with E-state index >= 15 is 0 Å². The Kier molecular flexibility index (Phi) is 1.51. The third kappa shape index (κ3) is 1.09. The second kappa shape index (κ2) is 2.17. The SMILES string of the molecule is O=C(O)C1=C(F)CCC1. The van der Waals surface area contributed by atoms with Crippen molar-refractivity contribution < 1.29 is 14.3 Å². The van der Waals surface area contributed by atoms with Gasteiger partial charge in [-0.2, -0.15) is 0 Å². The van der Waals surface area contributed by atoms with E-state index in [1.54, 1.807) is 0 Å². The van der Waals surface area contributed by atoms with E-state index < -0.39 is 11.8 Å². The predicted molar refractivity (Wildman–Crippen MR) is 29.6 cm³/mol. The number of carboxylic acids is 1. The number of hydrogen-bond donors (Lipinski definition) is 1. The number of carboxylic acid groups (broad SMARTS) is 1. The molecular weight excluding hydrogens is 123 g/mol. The van der Waals surface area contributed by atoms with E-state index in [-0.39, 0.29) is 5.57 Å². The van der Waals surface area contributed by atoms with Crippen LogP contribution in [0.1, 0.15) is 19.3 Å². The molecule has 0 aromatic heterocycles. The molecule has 9 heavy (non-hydrogen) atoms. The smallest absolute Gasteiger partial charge is 0.334 e. The molecule has 1 rings (SSSR count). The zero-order valence-electron chi connectivity index (χ0n) is 4.85. The van der Waals surface area contributed by atoms with Crippen molar-refractivity contribution in [1.82, 2.24) is 0 Å². The lowest BCUT2D eigenvalue weighted by atomic mass is 10.2. The maximum Gasteiger partial charge on any atom is 0.334 e. The molecule has 0 aromatic rings. The maximum absolute atomic E-state index is 12.3. The molecule has 1 aliphatic rings. The normalized spacial score (nSPS) is 18.8. The molecule has 50 valence electrons. The molecule has 0 spiro atoms. The molecule has 0 fully saturated rings. The van der Waals surface area contributed by atoms with Crippen LogP contribution in [0, 0.1) is 0 Å². The summed E-state index contributed by atoms with van der Waals surface area (Å²) in [6.45, 7) is 0. The molecule has 1 aliphatic carbocycles. The molecule has 1 N–H and O–H groups in total. The van der Waals surface area contributed by atoms with Crippen LogP contribution in [0.3, 0.4) is 0 Å². The first-order valence-electron chi connectivity index (χ1n) is 2.82. The van der Waals surface area contributed by atoms with Crippen LogP contribution >= 0.6 is 0 Å². The number of carbonyl (C=O) groups is 1. The van der Waals surface area contributed by atoms with Gasteiger partial charge in [0.1, 0.15) is 5.83 Å². The highest BCUT2D eigenvalue weighted by molar-refractivity contribution is 5.87. The summed E-state index contributed by atoms with van der Waals surface area (Å²) in [6, 6.07) is 0. The van der Waals surface area contributed by atoms with Gasteiger partial charge in [0.25, 0.3) is 0 Å². The minimum Gasteiger partial charge on any atom is -0.478 e. The van der Waals surface area contributed by atoms with Gasteiger partial charge >= 0.3 is 5.97 Å². The van der Waals surface area contributed by atoms with Crippen molar-refractivity contribution >= 4 is 5.97 Å². The molecule has 0 bridgehead atoms. The van der Waals surface area contributed by atoms with Gasteiger partial charge in [0.15, 0.2) is 0 Å². The van der Waals surface area contributed by atoms with Crippen molar-refractivity contribution in [3.63, 3.8) is 0 Å². The van der Waals surface area contributed by atoms with E-state index in [0.717, 1.165) is 0 Å². The van der Waals surface area contributed by atoms with Crippen LogP contribution in [0.4, 0.5) is 4.39 Å². The highest BCUT2D eigenvalue weighted by atomic mass is 19.1. The van der Waals surface area contributed by atoms with Crippen molar-refractivity contribution in [3.05, 3.63) is 11.4 Å². The number of allylic oxidation sites excluding steroid dienone is 1. The monoisotopic (exact) mass is 130 g/mol. The number of rotatable bonds is 1. The van der Waals surface area contributed by atoms with Crippen molar-refractivity contribution in [1.29, 1.82) is 0 Å². The summed E-state index contributed by atoms with van der Waals surface area (Å²) in [7, 11) is 0. The average Bonchev–Trinajstić information content (AvgIpc) is 2.13. The van der Waals surface area contributed by atoms with Gasteiger partial charge in [-0.15, -0.1) is 0 Å². The maximum atomic E-state index is 12.3. The molecule has 0 aromatic carbocycles. The van der Waals surface area contributed by atoms with Gasteiger partial charge < -0.3 is 5.11 Å². The summed E-state index contributed by atoms with van der Waals surface area (Å²) in [5.41, 5.74) is -0.0324. The minimum atomic E-state index is -1.11. The lowest BCUT2D eigenvalue weighted by Gasteiger charge is -1.89. The van der Waals surface area contributed by atoms with Crippen LogP contribution in [0.5, 0.6) is 0 Å². The number of hydrogen-bond acceptors (Lipinski definition) is 1. The van der Waals surface area contributed by atoms with Crippen LogP contribution in [0.25, 0.3) is 0 Å². The van der Waals surface area contributed by atoms with E-state index in [9.17, 15) is 9.18 Å². The first-order valence-corrected chi connectivity index (χ1v) is 2.82. The Labute approximate surface area is 52.0 Å². The van der Waals surface area contributed by atoms with Gasteiger partial charge in [-0.25, -0.2) is 9.18 Å². The van der Waals surface area contributed by atoms with Crippen molar-refractivity contribution in [2.45, 2.75) is 19.3 Å². The Bertz CT molecular complexity index is 172. The lowest BCUT2D eigenvalue weighted by Crippen LogP contribution is -1.97. The summed E-state index contributed by atoms with van der Waals surface area (Å²) < 4.78 is 12.3. The molecule has 0 heterocycles. The largest absolute Gasteiger partial charge is 0.478 e. The third-order valence-electron chi connectivity index (χ3n) is 1.41. The molecular formula is C6H7FO2. The minimum absolute atomic E-state index is 0.0324. The fourth-order valence-electron chi connectivity index (χ4n) is 0.930. The average molecular weight is 130 g/mol. The quantitative estimate of drug-likeness (QED) is 0.583. The molecule has 0 aliphatic heterocycles. The Balaban J connectivity index is 2.78. The predicted octanol–water partition coefficient (Wildman–Crippen LogP) is 1.48. The molecule has 3 heteroatoms. The Morgan fingerprint density at radius 1 is 1.56 bits per heavy atom. The first-order chi connectivity index (χ1) is 4.22. The molecule has 0 unspecified atom stereocenters. The Hall–Kier alpha value is -0.860. The van der Waals surface area contributed by atoms with Gasteiger partial charge in [-0.05, 0) is 12.8 Å². The second-order valence-electron chi connectivity index (χ2n) is 2.04. The van der Waals surface area contributed by atoms with Gasteiger partial charge in [-0.3, -0.25) is 0 Å². The van der Waals surface area contributed by atoms with E-state index in [1.807, 2.05) is 0 Å². The second-order valence-corrected chi connectivity index (χ2v) is 2.04. The van der Waals surface area contributed by atoms with Gasteiger partial charge in [0.05, 0.1) is 5.57 Å². The Morgan fingerprint density at radius 2 is 2.22 bits per heavy atom. The summed E-state index contributed by atoms with van der Waals surface area (Å²) in [5, 5.41) is 8.29. The van der Waals surface area contributed by atoms with Gasteiger partial charge in [-0.1, -0.05) is 0 Å². The van der Waals surface area contributed by atoms with Gasteiger partial charge in [0, 0.05) is 6.42 Å². The van der Waals surface area contributed by atoms with E-state index in [4.69, 9.17) is 5.11 Å². The highest BCUT2D eigenvalue weighted by Gasteiger charge is 2.19. The molecule has 0 saturated carbocycles. The summed E-state index contributed by atoms with van der Waals surface area (Å²) in [5.74, 6) is -1.55. The Morgan fingerprint density at radius 3 is 2.44 bits per heavy atom. The van der Waals surface area contributed by atoms with E-state index in [2.05, 4.69) is 0 Å². The molecule has 2 nitrogen and oxygen atoms in total. The zero-order chi connectivity index (χ0) is 6.85. The fourth-order valence-corrected chi connectivity index (χ4v) is 0.930. The van der Waals surface area contributed by atoms with Crippen molar-refractivity contribution in [2.75, 3.05) is 0 Å². The summed E-state index contributed by atoms with van der Waals surface area (Å²) in [4.78, 5) is 10.1. The number of aliphatic carboxylic acids is 1. The number of halogens is 1. The van der Waals surface area contributed by atoms with E-state index in [1.165, 1.54) is 0 Å². The molecule has 0 amide bonds. The van der Waals surface area contributed by atoms with Crippen molar-refractivity contribution in [2.24, 2.45) is 0 Å². The molecule has 0 radical (unpaired) electrons.